The summed E-state index contributed by atoms with van der Waals surface area (Å²) in [6.45, 7) is 4.85. The molecule has 0 fully saturated rings. The Morgan fingerprint density at radius 2 is 2.05 bits per heavy atom. The fraction of sp³-hybridized carbons (Fsp3) is 0.438. The van der Waals surface area contributed by atoms with Gasteiger partial charge in [0.15, 0.2) is 0 Å². The molecule has 0 saturated carbocycles. The SMILES string of the molecule is CC.Cn1cc(-c2cc3c(cc2C(F)F)NCCC3)cn1. The minimum atomic E-state index is -2.48. The maximum Gasteiger partial charge on any atom is 0.264 e. The molecule has 1 aliphatic rings. The van der Waals surface area contributed by atoms with Gasteiger partial charge < -0.3 is 5.32 Å². The average molecular weight is 293 g/mol. The van der Waals surface area contributed by atoms with Gasteiger partial charge in [0, 0.05) is 36.6 Å². The summed E-state index contributed by atoms with van der Waals surface area (Å²) in [5.41, 5.74) is 3.35. The fourth-order valence-electron chi connectivity index (χ4n) is 2.53. The molecule has 3 rings (SSSR count). The first-order valence-corrected chi connectivity index (χ1v) is 7.33. The van der Waals surface area contributed by atoms with Crippen LogP contribution in [-0.4, -0.2) is 16.3 Å². The Balaban J connectivity index is 0.000000774. The lowest BCUT2D eigenvalue weighted by Crippen LogP contribution is -2.12. The van der Waals surface area contributed by atoms with E-state index in [0.29, 0.717) is 5.56 Å². The first-order valence-electron chi connectivity index (χ1n) is 7.33. The molecule has 1 aliphatic heterocycles. The van der Waals surface area contributed by atoms with E-state index < -0.39 is 6.43 Å². The number of anilines is 1. The fourth-order valence-corrected chi connectivity index (χ4v) is 2.53. The third-order valence-electron chi connectivity index (χ3n) is 3.46. The third-order valence-corrected chi connectivity index (χ3v) is 3.46. The minimum Gasteiger partial charge on any atom is -0.385 e. The van der Waals surface area contributed by atoms with Gasteiger partial charge in [-0.3, -0.25) is 4.68 Å². The Hall–Kier alpha value is -1.91. The molecule has 0 amide bonds. The Kier molecular flexibility index (Phi) is 4.94. The highest BCUT2D eigenvalue weighted by atomic mass is 19.3. The van der Waals surface area contributed by atoms with Crippen LogP contribution in [0.4, 0.5) is 14.5 Å². The van der Waals surface area contributed by atoms with Crippen LogP contribution in [-0.2, 0) is 13.5 Å². The predicted octanol–water partition coefficient (Wildman–Crippen LogP) is 4.41. The van der Waals surface area contributed by atoms with E-state index in [9.17, 15) is 8.78 Å². The van der Waals surface area contributed by atoms with Gasteiger partial charge in [-0.2, -0.15) is 5.10 Å². The molecular formula is C16H21F2N3. The number of rotatable bonds is 2. The van der Waals surface area contributed by atoms with E-state index in [4.69, 9.17) is 0 Å². The normalized spacial score (nSPS) is 13.2. The van der Waals surface area contributed by atoms with Gasteiger partial charge >= 0.3 is 0 Å². The minimum absolute atomic E-state index is 0.0705. The van der Waals surface area contributed by atoms with Gasteiger partial charge in [0.05, 0.1) is 6.20 Å². The Morgan fingerprint density at radius 1 is 1.29 bits per heavy atom. The first-order chi connectivity index (χ1) is 10.1. The van der Waals surface area contributed by atoms with Crippen molar-refractivity contribution >= 4 is 5.69 Å². The van der Waals surface area contributed by atoms with E-state index >= 15 is 0 Å². The van der Waals surface area contributed by atoms with Crippen LogP contribution >= 0.6 is 0 Å². The molecule has 21 heavy (non-hydrogen) atoms. The molecule has 5 heteroatoms. The number of aromatic nitrogens is 2. The summed E-state index contributed by atoms with van der Waals surface area (Å²) in [5.74, 6) is 0. The summed E-state index contributed by atoms with van der Waals surface area (Å²) >= 11 is 0. The molecule has 0 atom stereocenters. The molecule has 0 spiro atoms. The van der Waals surface area contributed by atoms with Crippen LogP contribution in [0.2, 0.25) is 0 Å². The van der Waals surface area contributed by atoms with Gasteiger partial charge in [0.1, 0.15) is 0 Å². The lowest BCUT2D eigenvalue weighted by atomic mass is 9.94. The van der Waals surface area contributed by atoms with Gasteiger partial charge in [-0.25, -0.2) is 8.78 Å². The van der Waals surface area contributed by atoms with Gasteiger partial charge in [-0.05, 0) is 36.1 Å². The number of nitrogens with zero attached hydrogens (tertiary/aromatic N) is 2. The van der Waals surface area contributed by atoms with E-state index in [-0.39, 0.29) is 5.56 Å². The van der Waals surface area contributed by atoms with Crippen molar-refractivity contribution in [2.45, 2.75) is 33.1 Å². The third kappa shape index (κ3) is 3.23. The van der Waals surface area contributed by atoms with Crippen LogP contribution in [0.1, 0.15) is 37.8 Å². The van der Waals surface area contributed by atoms with E-state index in [1.54, 1.807) is 30.2 Å². The number of fused-ring (bicyclic) bond motifs is 1. The molecule has 0 radical (unpaired) electrons. The van der Waals surface area contributed by atoms with Crippen molar-refractivity contribution < 1.29 is 8.78 Å². The summed E-state index contributed by atoms with van der Waals surface area (Å²) in [5, 5.41) is 7.25. The van der Waals surface area contributed by atoms with E-state index in [1.807, 2.05) is 19.9 Å². The van der Waals surface area contributed by atoms with Gasteiger partial charge in [0.2, 0.25) is 0 Å². The van der Waals surface area contributed by atoms with Crippen LogP contribution in [0.5, 0.6) is 0 Å². The summed E-state index contributed by atoms with van der Waals surface area (Å²) < 4.78 is 28.1. The van der Waals surface area contributed by atoms with Gasteiger partial charge in [0.25, 0.3) is 6.43 Å². The number of alkyl halides is 2. The van der Waals surface area contributed by atoms with Gasteiger partial charge in [-0.1, -0.05) is 13.8 Å². The van der Waals surface area contributed by atoms with Crippen LogP contribution in [0.3, 0.4) is 0 Å². The molecular weight excluding hydrogens is 272 g/mol. The van der Waals surface area contributed by atoms with Crippen molar-refractivity contribution in [1.82, 2.24) is 9.78 Å². The lowest BCUT2D eigenvalue weighted by Gasteiger charge is -2.21. The van der Waals surface area contributed by atoms with E-state index in [2.05, 4.69) is 10.4 Å². The smallest absolute Gasteiger partial charge is 0.264 e. The van der Waals surface area contributed by atoms with Crippen LogP contribution in [0.25, 0.3) is 11.1 Å². The molecule has 1 N–H and O–H groups in total. The van der Waals surface area contributed by atoms with Crippen molar-refractivity contribution in [1.29, 1.82) is 0 Å². The molecule has 2 aromatic rings. The zero-order chi connectivity index (χ0) is 15.4. The summed E-state index contributed by atoms with van der Waals surface area (Å²) in [6, 6.07) is 3.46. The number of aryl methyl sites for hydroxylation is 2. The Bertz CT molecular complexity index is 606. The van der Waals surface area contributed by atoms with Gasteiger partial charge in [-0.15, -0.1) is 0 Å². The first kappa shape index (κ1) is 15.5. The molecule has 3 nitrogen and oxygen atoms in total. The molecule has 114 valence electrons. The van der Waals surface area contributed by atoms with Crippen molar-refractivity contribution in [2.24, 2.45) is 7.05 Å². The molecule has 0 unspecified atom stereocenters. The second kappa shape index (κ2) is 6.70. The number of nitrogens with one attached hydrogen (secondary N) is 1. The maximum atomic E-state index is 13.2. The number of benzene rings is 1. The molecule has 0 saturated heterocycles. The van der Waals surface area contributed by atoms with Crippen molar-refractivity contribution in [3.63, 3.8) is 0 Å². The van der Waals surface area contributed by atoms with Crippen molar-refractivity contribution in [3.05, 3.63) is 35.7 Å². The van der Waals surface area contributed by atoms with Crippen LogP contribution < -0.4 is 5.32 Å². The van der Waals surface area contributed by atoms with Crippen LogP contribution in [0.15, 0.2) is 24.5 Å². The predicted molar refractivity (Wildman–Crippen MR) is 81.8 cm³/mol. The molecule has 0 bridgehead atoms. The number of hydrogen-bond donors (Lipinski definition) is 1. The van der Waals surface area contributed by atoms with E-state index in [1.165, 1.54) is 0 Å². The maximum absolute atomic E-state index is 13.2. The zero-order valence-electron chi connectivity index (χ0n) is 12.7. The topological polar surface area (TPSA) is 29.9 Å². The van der Waals surface area contributed by atoms with E-state index in [0.717, 1.165) is 36.2 Å². The molecule has 0 aliphatic carbocycles. The largest absolute Gasteiger partial charge is 0.385 e. The monoisotopic (exact) mass is 293 g/mol. The summed E-state index contributed by atoms with van der Waals surface area (Å²) in [7, 11) is 1.78. The summed E-state index contributed by atoms with van der Waals surface area (Å²) in [4.78, 5) is 0. The van der Waals surface area contributed by atoms with Crippen molar-refractivity contribution in [3.8, 4) is 11.1 Å². The number of hydrogen-bond acceptors (Lipinski definition) is 2. The average Bonchev–Trinajstić information content (AvgIpc) is 2.94. The van der Waals surface area contributed by atoms with Crippen LogP contribution in [0, 0.1) is 0 Å². The second-order valence-corrected chi connectivity index (χ2v) is 4.83. The molecule has 1 aromatic carbocycles. The Morgan fingerprint density at radius 3 is 2.67 bits per heavy atom. The summed E-state index contributed by atoms with van der Waals surface area (Å²) in [6.07, 6.45) is 2.88. The molecule has 1 aromatic heterocycles. The Labute approximate surface area is 124 Å². The number of halogens is 2. The zero-order valence-corrected chi connectivity index (χ0v) is 12.7. The highest BCUT2D eigenvalue weighted by molar-refractivity contribution is 5.72. The van der Waals surface area contributed by atoms with Crippen molar-refractivity contribution in [2.75, 3.05) is 11.9 Å². The molecule has 2 heterocycles. The standard InChI is InChI=1S/C14H15F2N3.C2H6/c1-19-8-10(7-18-19)11-5-9-3-2-4-17-13(9)6-12(11)14(15)16;1-2/h5-8,14,17H,2-4H2,1H3;1-2H3. The second-order valence-electron chi connectivity index (χ2n) is 4.83. The quantitative estimate of drug-likeness (QED) is 0.889. The highest BCUT2D eigenvalue weighted by Crippen LogP contribution is 2.36. The highest BCUT2D eigenvalue weighted by Gasteiger charge is 2.20. The lowest BCUT2D eigenvalue weighted by molar-refractivity contribution is 0.152.